The summed E-state index contributed by atoms with van der Waals surface area (Å²) in [6.07, 6.45) is 3.02. The zero-order valence-corrected chi connectivity index (χ0v) is 13.8. The molecule has 1 amide bonds. The Morgan fingerprint density at radius 3 is 2.95 bits per heavy atom. The number of carbonyl (C=O) groups is 2. The molecule has 1 N–H and O–H groups in total. The molecule has 2 fully saturated rings. The van der Waals surface area contributed by atoms with Crippen LogP contribution in [-0.4, -0.2) is 40.8 Å². The second kappa shape index (κ2) is 6.50. The number of likely N-dealkylation sites (tertiary alicyclic amines) is 1. The Kier molecular flexibility index (Phi) is 4.66. The number of hydrogen-bond donors (Lipinski definition) is 1. The van der Waals surface area contributed by atoms with Crippen molar-refractivity contribution in [3.05, 3.63) is 21.9 Å². The van der Waals surface area contributed by atoms with Gasteiger partial charge in [0.25, 0.3) is 0 Å². The highest BCUT2D eigenvalue weighted by atomic mass is 32.2. The number of aryl methyl sites for hydroxylation is 1. The second-order valence-electron chi connectivity index (χ2n) is 5.65. The van der Waals surface area contributed by atoms with Crippen molar-refractivity contribution in [2.24, 2.45) is 0 Å². The van der Waals surface area contributed by atoms with Gasteiger partial charge in [-0.3, -0.25) is 14.5 Å². The molecular formula is C15H20N2O2S2. The molecule has 0 radical (unpaired) electrons. The van der Waals surface area contributed by atoms with Gasteiger partial charge in [0.2, 0.25) is 11.0 Å². The molecule has 114 valence electrons. The third kappa shape index (κ3) is 3.49. The van der Waals surface area contributed by atoms with E-state index >= 15 is 0 Å². The summed E-state index contributed by atoms with van der Waals surface area (Å²) in [6, 6.07) is 4.42. The van der Waals surface area contributed by atoms with Gasteiger partial charge in [0.05, 0.1) is 12.6 Å². The first kappa shape index (κ1) is 15.1. The number of nitrogens with one attached hydrogen (secondary N) is 1. The fourth-order valence-electron chi connectivity index (χ4n) is 3.02. The van der Waals surface area contributed by atoms with Gasteiger partial charge in [-0.1, -0.05) is 11.8 Å². The van der Waals surface area contributed by atoms with Crippen molar-refractivity contribution in [1.82, 2.24) is 10.2 Å². The van der Waals surface area contributed by atoms with E-state index in [1.807, 2.05) is 11.3 Å². The van der Waals surface area contributed by atoms with Crippen LogP contribution < -0.4 is 5.32 Å². The molecule has 0 spiro atoms. The maximum absolute atomic E-state index is 12.2. The van der Waals surface area contributed by atoms with Crippen LogP contribution in [0.4, 0.5) is 0 Å². The van der Waals surface area contributed by atoms with Crippen molar-refractivity contribution in [2.45, 2.75) is 38.3 Å². The van der Waals surface area contributed by atoms with Gasteiger partial charge in [0.15, 0.2) is 0 Å². The highest BCUT2D eigenvalue weighted by molar-refractivity contribution is 8.14. The van der Waals surface area contributed by atoms with Crippen LogP contribution in [0.15, 0.2) is 12.1 Å². The zero-order chi connectivity index (χ0) is 14.8. The van der Waals surface area contributed by atoms with Crippen LogP contribution in [0.1, 0.15) is 35.1 Å². The van der Waals surface area contributed by atoms with Crippen LogP contribution in [-0.2, 0) is 9.59 Å². The summed E-state index contributed by atoms with van der Waals surface area (Å²) in [5.74, 6) is 0.806. The van der Waals surface area contributed by atoms with E-state index in [4.69, 9.17) is 0 Å². The van der Waals surface area contributed by atoms with E-state index in [9.17, 15) is 9.59 Å². The summed E-state index contributed by atoms with van der Waals surface area (Å²) in [7, 11) is 0. The van der Waals surface area contributed by atoms with Crippen molar-refractivity contribution >= 4 is 34.1 Å². The van der Waals surface area contributed by atoms with Crippen LogP contribution in [0, 0.1) is 6.92 Å². The lowest BCUT2D eigenvalue weighted by Crippen LogP contribution is -2.43. The average Bonchev–Trinajstić information content (AvgIpc) is 3.13. The molecule has 3 rings (SSSR count). The first-order valence-corrected chi connectivity index (χ1v) is 9.20. The number of rotatable bonds is 4. The van der Waals surface area contributed by atoms with Crippen molar-refractivity contribution in [3.8, 4) is 0 Å². The summed E-state index contributed by atoms with van der Waals surface area (Å²) in [6.45, 7) is 3.47. The van der Waals surface area contributed by atoms with Gasteiger partial charge >= 0.3 is 0 Å². The van der Waals surface area contributed by atoms with Gasteiger partial charge in [0.1, 0.15) is 0 Å². The van der Waals surface area contributed by atoms with Crippen LogP contribution in [0.2, 0.25) is 0 Å². The molecular weight excluding hydrogens is 304 g/mol. The van der Waals surface area contributed by atoms with Crippen LogP contribution in [0.25, 0.3) is 0 Å². The fourth-order valence-corrected chi connectivity index (χ4v) is 5.00. The molecule has 2 saturated heterocycles. The summed E-state index contributed by atoms with van der Waals surface area (Å²) in [5, 5.41) is 2.99. The molecule has 2 aliphatic rings. The van der Waals surface area contributed by atoms with E-state index in [0.717, 1.165) is 31.6 Å². The third-order valence-corrected chi connectivity index (χ3v) is 6.18. The number of thiophene rings is 1. The molecule has 1 aromatic heterocycles. The van der Waals surface area contributed by atoms with Gasteiger partial charge in [-0.15, -0.1) is 11.3 Å². The Hall–Kier alpha value is -0.850. The van der Waals surface area contributed by atoms with Gasteiger partial charge < -0.3 is 5.32 Å². The van der Waals surface area contributed by atoms with Crippen LogP contribution >= 0.6 is 23.1 Å². The molecule has 0 aromatic carbocycles. The van der Waals surface area contributed by atoms with E-state index in [1.165, 1.54) is 21.5 Å². The molecule has 3 heterocycles. The highest BCUT2D eigenvalue weighted by Crippen LogP contribution is 2.35. The molecule has 0 bridgehead atoms. The standard InChI is InChI=1S/C15H20N2O2S2/c1-10-4-5-13(21-10)12-3-2-7-17(12)9-14(18)16-11-6-8-20-15(11)19/h4-5,11-12H,2-3,6-9H2,1H3,(H,16,18). The van der Waals surface area contributed by atoms with Gasteiger partial charge in [-0.25, -0.2) is 0 Å². The summed E-state index contributed by atoms with van der Waals surface area (Å²) >= 11 is 3.14. The quantitative estimate of drug-likeness (QED) is 0.923. The Bertz CT molecular complexity index is 544. The molecule has 2 atom stereocenters. The van der Waals surface area contributed by atoms with E-state index < -0.39 is 0 Å². The molecule has 6 heteroatoms. The lowest BCUT2D eigenvalue weighted by atomic mass is 10.2. The lowest BCUT2D eigenvalue weighted by molar-refractivity contribution is -0.125. The smallest absolute Gasteiger partial charge is 0.234 e. The van der Waals surface area contributed by atoms with Crippen molar-refractivity contribution in [1.29, 1.82) is 0 Å². The van der Waals surface area contributed by atoms with E-state index in [1.54, 1.807) is 0 Å². The Labute approximate surface area is 133 Å². The predicted molar refractivity (Wildman–Crippen MR) is 86.6 cm³/mol. The Balaban J connectivity index is 1.58. The molecule has 0 saturated carbocycles. The summed E-state index contributed by atoms with van der Waals surface area (Å²) in [5.41, 5.74) is 0. The minimum atomic E-state index is -0.271. The topological polar surface area (TPSA) is 49.4 Å². The van der Waals surface area contributed by atoms with Gasteiger partial charge in [0, 0.05) is 21.5 Å². The van der Waals surface area contributed by atoms with Crippen LogP contribution in [0.5, 0.6) is 0 Å². The average molecular weight is 324 g/mol. The summed E-state index contributed by atoms with van der Waals surface area (Å²) < 4.78 is 0. The van der Waals surface area contributed by atoms with E-state index in [2.05, 4.69) is 29.3 Å². The molecule has 1 aromatic rings. The first-order chi connectivity index (χ1) is 10.1. The molecule has 0 aliphatic carbocycles. The number of amides is 1. The predicted octanol–water partition coefficient (Wildman–Crippen LogP) is 2.34. The van der Waals surface area contributed by atoms with Crippen molar-refractivity contribution < 1.29 is 9.59 Å². The Morgan fingerprint density at radius 2 is 2.29 bits per heavy atom. The van der Waals surface area contributed by atoms with E-state index in [0.29, 0.717) is 12.6 Å². The molecule has 21 heavy (non-hydrogen) atoms. The van der Waals surface area contributed by atoms with E-state index in [-0.39, 0.29) is 17.1 Å². The minimum Gasteiger partial charge on any atom is -0.344 e. The van der Waals surface area contributed by atoms with Crippen molar-refractivity contribution in [3.63, 3.8) is 0 Å². The molecule has 2 aliphatic heterocycles. The second-order valence-corrected chi connectivity index (χ2v) is 8.07. The normalized spacial score (nSPS) is 26.4. The summed E-state index contributed by atoms with van der Waals surface area (Å²) in [4.78, 5) is 28.7. The number of nitrogens with zero attached hydrogens (tertiary/aromatic N) is 1. The third-order valence-electron chi connectivity index (χ3n) is 4.07. The largest absolute Gasteiger partial charge is 0.344 e. The minimum absolute atomic E-state index is 0.0176. The maximum Gasteiger partial charge on any atom is 0.234 e. The number of carbonyl (C=O) groups excluding carboxylic acids is 2. The Morgan fingerprint density at radius 1 is 1.43 bits per heavy atom. The number of thioether (sulfide) groups is 1. The van der Waals surface area contributed by atoms with Crippen molar-refractivity contribution in [2.75, 3.05) is 18.8 Å². The van der Waals surface area contributed by atoms with Gasteiger partial charge in [-0.05, 0) is 44.9 Å². The molecule has 4 nitrogen and oxygen atoms in total. The first-order valence-electron chi connectivity index (χ1n) is 7.40. The zero-order valence-electron chi connectivity index (χ0n) is 12.1. The van der Waals surface area contributed by atoms with Gasteiger partial charge in [-0.2, -0.15) is 0 Å². The SMILES string of the molecule is Cc1ccc(C2CCCN2CC(=O)NC2CCSC2=O)s1. The number of hydrogen-bond acceptors (Lipinski definition) is 5. The maximum atomic E-state index is 12.2. The lowest BCUT2D eigenvalue weighted by Gasteiger charge is -2.23. The highest BCUT2D eigenvalue weighted by Gasteiger charge is 2.31. The molecule has 2 unspecified atom stereocenters. The monoisotopic (exact) mass is 324 g/mol. The van der Waals surface area contributed by atoms with Crippen LogP contribution in [0.3, 0.4) is 0 Å². The fraction of sp³-hybridized carbons (Fsp3) is 0.600.